The molecule has 1 amide bonds. The van der Waals surface area contributed by atoms with E-state index in [1.807, 2.05) is 12.1 Å². The monoisotopic (exact) mass is 333 g/mol. The fraction of sp³-hybridized carbons (Fsp3) is 0.500. The maximum Gasteiger partial charge on any atom is 0.305 e. The smallest absolute Gasteiger partial charge is 0.305 e. The van der Waals surface area contributed by atoms with E-state index in [2.05, 4.69) is 15.2 Å². The van der Waals surface area contributed by atoms with Crippen molar-refractivity contribution in [1.29, 1.82) is 0 Å². The molecule has 7 heteroatoms. The number of methoxy groups -OCH3 is 1. The zero-order chi connectivity index (χ0) is 15.8. The lowest BCUT2D eigenvalue weighted by Crippen LogP contribution is -2.57. The van der Waals surface area contributed by atoms with E-state index in [1.54, 1.807) is 0 Å². The number of rotatable bonds is 4. The molecule has 122 valence electrons. The first-order valence-electron chi connectivity index (χ1n) is 7.86. The molecular formula is C16H19N3O3S. The molecule has 3 fully saturated rings. The quantitative estimate of drug-likeness (QED) is 0.929. The third-order valence-electron chi connectivity index (χ3n) is 4.70. The van der Waals surface area contributed by atoms with Crippen LogP contribution in [0.15, 0.2) is 22.7 Å². The predicted molar refractivity (Wildman–Crippen MR) is 86.8 cm³/mol. The zero-order valence-corrected chi connectivity index (χ0v) is 13.8. The molecule has 6 nitrogen and oxygen atoms in total. The molecule has 2 bridgehead atoms. The van der Waals surface area contributed by atoms with Crippen molar-refractivity contribution in [2.45, 2.75) is 18.9 Å². The van der Waals surface area contributed by atoms with Crippen LogP contribution in [0, 0.1) is 5.92 Å². The topological polar surface area (TPSA) is 67.6 Å². The number of hydrogen-bond donors (Lipinski definition) is 1. The summed E-state index contributed by atoms with van der Waals surface area (Å²) in [6.07, 6.45) is 3.91. The minimum Gasteiger partial charge on any atom is -0.467 e. The Morgan fingerprint density at radius 1 is 1.43 bits per heavy atom. The number of fused-ring (bicyclic) bond motifs is 3. The summed E-state index contributed by atoms with van der Waals surface area (Å²) in [5, 5.41) is 3.20. The summed E-state index contributed by atoms with van der Waals surface area (Å²) in [6, 6.07) is 3.96. The Bertz CT molecular complexity index is 703. The second kappa shape index (κ2) is 5.98. The first-order chi connectivity index (χ1) is 11.2. The zero-order valence-electron chi connectivity index (χ0n) is 12.9. The Kier molecular flexibility index (Phi) is 3.82. The number of thiophene rings is 1. The maximum atomic E-state index is 12.5. The number of hydrogen-bond acceptors (Lipinski definition) is 6. The highest BCUT2D eigenvalue weighted by Crippen LogP contribution is 2.31. The molecule has 0 saturated carbocycles. The van der Waals surface area contributed by atoms with E-state index in [0.29, 0.717) is 22.6 Å². The largest absolute Gasteiger partial charge is 0.467 e. The number of ether oxygens (including phenoxy) is 1. The Hall–Kier alpha value is -1.86. The van der Waals surface area contributed by atoms with Crippen molar-refractivity contribution in [3.8, 4) is 16.7 Å². The summed E-state index contributed by atoms with van der Waals surface area (Å²) in [7, 11) is 1.53. The Balaban J connectivity index is 1.45. The summed E-state index contributed by atoms with van der Waals surface area (Å²) >= 11 is 1.39. The maximum absolute atomic E-state index is 12.5. The van der Waals surface area contributed by atoms with Crippen LogP contribution in [0.25, 0.3) is 10.8 Å². The Morgan fingerprint density at radius 3 is 2.91 bits per heavy atom. The number of nitrogens with zero attached hydrogens (tertiary/aromatic N) is 2. The SMILES string of the molecule is COc1cnc(-c2ccc(C(=O)N[C@H]3CN4CCC3CC4)s2)o1. The van der Waals surface area contributed by atoms with Crippen LogP contribution in [0.4, 0.5) is 0 Å². The summed E-state index contributed by atoms with van der Waals surface area (Å²) in [6.45, 7) is 3.32. The van der Waals surface area contributed by atoms with Crippen LogP contribution in [0.3, 0.4) is 0 Å². The number of nitrogens with one attached hydrogen (secondary N) is 1. The van der Waals surface area contributed by atoms with E-state index in [1.165, 1.54) is 50.6 Å². The third kappa shape index (κ3) is 2.86. The second-order valence-corrected chi connectivity index (χ2v) is 7.15. The minimum atomic E-state index is -0.00137. The lowest BCUT2D eigenvalue weighted by Gasteiger charge is -2.44. The number of piperidine rings is 3. The molecule has 3 aliphatic rings. The first kappa shape index (κ1) is 14.7. The van der Waals surface area contributed by atoms with Gasteiger partial charge in [0.05, 0.1) is 16.9 Å². The van der Waals surface area contributed by atoms with Gasteiger partial charge in [0.2, 0.25) is 5.89 Å². The molecule has 1 N–H and O–H groups in total. The lowest BCUT2D eigenvalue weighted by atomic mass is 9.84. The van der Waals surface area contributed by atoms with Gasteiger partial charge in [-0.3, -0.25) is 4.79 Å². The van der Waals surface area contributed by atoms with Crippen LogP contribution < -0.4 is 10.1 Å². The van der Waals surface area contributed by atoms with Gasteiger partial charge in [-0.25, -0.2) is 4.98 Å². The van der Waals surface area contributed by atoms with Crippen LogP contribution in [0.2, 0.25) is 0 Å². The van der Waals surface area contributed by atoms with Crippen molar-refractivity contribution in [3.05, 3.63) is 23.2 Å². The number of carbonyl (C=O) groups is 1. The van der Waals surface area contributed by atoms with Gasteiger partial charge in [-0.05, 0) is 44.0 Å². The molecule has 0 unspecified atom stereocenters. The summed E-state index contributed by atoms with van der Waals surface area (Å²) in [5.74, 6) is 1.47. The molecule has 0 spiro atoms. The lowest BCUT2D eigenvalue weighted by molar-refractivity contribution is 0.0622. The molecule has 1 atom stereocenters. The van der Waals surface area contributed by atoms with E-state index in [4.69, 9.17) is 9.15 Å². The molecular weight excluding hydrogens is 314 g/mol. The van der Waals surface area contributed by atoms with Crippen molar-refractivity contribution in [2.24, 2.45) is 5.92 Å². The normalized spacial score (nSPS) is 26.2. The molecule has 0 radical (unpaired) electrons. The number of carbonyl (C=O) groups excluding carboxylic acids is 1. The van der Waals surface area contributed by atoms with Gasteiger partial charge < -0.3 is 19.4 Å². The first-order valence-corrected chi connectivity index (χ1v) is 8.68. The van der Waals surface area contributed by atoms with Gasteiger partial charge in [-0.15, -0.1) is 11.3 Å². The molecule has 0 aliphatic carbocycles. The Morgan fingerprint density at radius 2 is 2.26 bits per heavy atom. The van der Waals surface area contributed by atoms with Crippen molar-refractivity contribution in [2.75, 3.05) is 26.7 Å². The van der Waals surface area contributed by atoms with Crippen LogP contribution in [0.5, 0.6) is 5.95 Å². The summed E-state index contributed by atoms with van der Waals surface area (Å²) < 4.78 is 10.4. The van der Waals surface area contributed by atoms with Gasteiger partial charge in [-0.1, -0.05) is 0 Å². The second-order valence-electron chi connectivity index (χ2n) is 6.07. The van der Waals surface area contributed by atoms with Crippen LogP contribution in [-0.4, -0.2) is 48.6 Å². The van der Waals surface area contributed by atoms with Gasteiger partial charge >= 0.3 is 5.95 Å². The average Bonchev–Trinajstić information content (AvgIpc) is 3.25. The fourth-order valence-electron chi connectivity index (χ4n) is 3.41. The van der Waals surface area contributed by atoms with Crippen LogP contribution in [0.1, 0.15) is 22.5 Å². The molecule has 5 rings (SSSR count). The van der Waals surface area contributed by atoms with Crippen LogP contribution >= 0.6 is 11.3 Å². The van der Waals surface area contributed by atoms with E-state index in [-0.39, 0.29) is 11.9 Å². The number of aromatic nitrogens is 1. The molecule has 2 aromatic rings. The molecule has 2 aromatic heterocycles. The Labute approximate surface area is 138 Å². The summed E-state index contributed by atoms with van der Waals surface area (Å²) in [5.41, 5.74) is 0. The molecule has 3 aliphatic heterocycles. The highest BCUT2D eigenvalue weighted by Gasteiger charge is 2.35. The van der Waals surface area contributed by atoms with Gasteiger partial charge in [0.25, 0.3) is 5.91 Å². The molecule has 5 heterocycles. The predicted octanol–water partition coefficient (Wildman–Crippen LogP) is 2.24. The van der Waals surface area contributed by atoms with E-state index >= 15 is 0 Å². The minimum absolute atomic E-state index is 0.00137. The number of oxazole rings is 1. The average molecular weight is 333 g/mol. The van der Waals surface area contributed by atoms with Crippen molar-refractivity contribution in [3.63, 3.8) is 0 Å². The van der Waals surface area contributed by atoms with E-state index in [0.717, 1.165) is 11.4 Å². The molecule has 3 saturated heterocycles. The van der Waals surface area contributed by atoms with Crippen molar-refractivity contribution in [1.82, 2.24) is 15.2 Å². The van der Waals surface area contributed by atoms with E-state index in [9.17, 15) is 4.79 Å². The molecule has 0 aromatic carbocycles. The van der Waals surface area contributed by atoms with E-state index < -0.39 is 0 Å². The fourth-order valence-corrected chi connectivity index (χ4v) is 4.25. The third-order valence-corrected chi connectivity index (χ3v) is 5.77. The van der Waals surface area contributed by atoms with Crippen LogP contribution in [-0.2, 0) is 0 Å². The number of amides is 1. The van der Waals surface area contributed by atoms with Crippen molar-refractivity contribution < 1.29 is 13.9 Å². The van der Waals surface area contributed by atoms with Crippen molar-refractivity contribution >= 4 is 17.2 Å². The summed E-state index contributed by atoms with van der Waals surface area (Å²) in [4.78, 5) is 20.6. The van der Waals surface area contributed by atoms with Gasteiger partial charge in [0.1, 0.15) is 6.20 Å². The highest BCUT2D eigenvalue weighted by atomic mass is 32.1. The standard InChI is InChI=1S/C16H19N3O3S/c1-21-14-8-17-16(22-14)13-3-2-12(23-13)15(20)18-11-9-19-6-4-10(11)5-7-19/h2-3,8,10-11H,4-7,9H2,1H3,(H,18,20)/t11-/m0/s1. The van der Waals surface area contributed by atoms with Gasteiger partial charge in [0, 0.05) is 12.6 Å². The molecule has 23 heavy (non-hydrogen) atoms. The highest BCUT2D eigenvalue weighted by molar-refractivity contribution is 7.17. The van der Waals surface area contributed by atoms with Gasteiger partial charge in [-0.2, -0.15) is 0 Å². The van der Waals surface area contributed by atoms with Gasteiger partial charge in [0.15, 0.2) is 0 Å².